The highest BCUT2D eigenvalue weighted by Gasteiger charge is 2.32. The van der Waals surface area contributed by atoms with Gasteiger partial charge in [0.05, 0.1) is 12.0 Å². The first-order valence-electron chi connectivity index (χ1n) is 4.46. The number of nitriles is 1. The summed E-state index contributed by atoms with van der Waals surface area (Å²) in [6, 6.07) is 9.98. The average Bonchev–Trinajstić information content (AvgIpc) is 2.90. The normalized spacial score (nSPS) is 17.8. The van der Waals surface area contributed by atoms with Gasteiger partial charge >= 0.3 is 0 Å². The van der Waals surface area contributed by atoms with Crippen LogP contribution >= 0.6 is 11.6 Å². The lowest BCUT2D eigenvalue weighted by atomic mass is 9.96. The van der Waals surface area contributed by atoms with Crippen LogP contribution in [-0.2, 0) is 0 Å². The van der Waals surface area contributed by atoms with Crippen LogP contribution in [0.1, 0.15) is 24.3 Å². The summed E-state index contributed by atoms with van der Waals surface area (Å²) in [6.45, 7) is 0. The Kier molecular flexibility index (Phi) is 2.24. The lowest BCUT2D eigenvalue weighted by molar-refractivity contribution is 0.740. The van der Waals surface area contributed by atoms with Gasteiger partial charge < -0.3 is 0 Å². The lowest BCUT2D eigenvalue weighted by Crippen LogP contribution is -1.97. The number of halogens is 1. The van der Waals surface area contributed by atoms with Gasteiger partial charge in [0.2, 0.25) is 0 Å². The minimum Gasteiger partial charge on any atom is -0.198 e. The van der Waals surface area contributed by atoms with Gasteiger partial charge in [-0.25, -0.2) is 0 Å². The summed E-state index contributed by atoms with van der Waals surface area (Å²) < 4.78 is 0. The molecule has 0 heterocycles. The Morgan fingerprint density at radius 3 is 2.77 bits per heavy atom. The van der Waals surface area contributed by atoms with Crippen molar-refractivity contribution in [2.45, 2.75) is 18.8 Å². The Morgan fingerprint density at radius 1 is 1.46 bits per heavy atom. The summed E-state index contributed by atoms with van der Waals surface area (Å²) in [7, 11) is 0. The van der Waals surface area contributed by atoms with E-state index >= 15 is 0 Å². The maximum Gasteiger partial charge on any atom is 0.0741 e. The predicted molar refractivity (Wildman–Crippen MR) is 52.5 cm³/mol. The Bertz CT molecular complexity index is 349. The fourth-order valence-electron chi connectivity index (χ4n) is 1.58. The Hall–Kier alpha value is -1.00. The minimum absolute atomic E-state index is 0.0544. The van der Waals surface area contributed by atoms with E-state index in [2.05, 4.69) is 6.07 Å². The van der Waals surface area contributed by atoms with Crippen molar-refractivity contribution in [3.8, 4) is 6.07 Å². The Morgan fingerprint density at radius 2 is 2.23 bits per heavy atom. The van der Waals surface area contributed by atoms with E-state index in [1.165, 1.54) is 12.8 Å². The molecule has 1 unspecified atom stereocenters. The van der Waals surface area contributed by atoms with Gasteiger partial charge in [0.25, 0.3) is 0 Å². The molecule has 2 heteroatoms. The zero-order valence-electron chi connectivity index (χ0n) is 7.20. The smallest absolute Gasteiger partial charge is 0.0741 e. The molecule has 1 aliphatic rings. The van der Waals surface area contributed by atoms with Gasteiger partial charge in [-0.1, -0.05) is 23.7 Å². The molecule has 0 radical (unpaired) electrons. The molecule has 1 aromatic carbocycles. The van der Waals surface area contributed by atoms with Crippen LogP contribution in [0.25, 0.3) is 0 Å². The highest BCUT2D eigenvalue weighted by molar-refractivity contribution is 6.30. The molecule has 1 atom stereocenters. The third-order valence-electron chi connectivity index (χ3n) is 2.44. The number of hydrogen-bond donors (Lipinski definition) is 0. The summed E-state index contributed by atoms with van der Waals surface area (Å²) >= 11 is 5.86. The second kappa shape index (κ2) is 3.40. The minimum atomic E-state index is 0.0544. The summed E-state index contributed by atoms with van der Waals surface area (Å²) in [5.41, 5.74) is 1.07. The van der Waals surface area contributed by atoms with Crippen molar-refractivity contribution in [1.82, 2.24) is 0 Å². The zero-order valence-corrected chi connectivity index (χ0v) is 7.96. The van der Waals surface area contributed by atoms with Crippen LogP contribution in [0.5, 0.6) is 0 Å². The molecule has 0 amide bonds. The summed E-state index contributed by atoms with van der Waals surface area (Å²) in [5, 5.41) is 9.71. The third kappa shape index (κ3) is 1.84. The quantitative estimate of drug-likeness (QED) is 0.703. The SMILES string of the molecule is N#CC(c1cccc(Cl)c1)C1CC1. The van der Waals surface area contributed by atoms with Crippen molar-refractivity contribution < 1.29 is 0 Å². The first-order valence-corrected chi connectivity index (χ1v) is 4.84. The van der Waals surface area contributed by atoms with Crippen LogP contribution < -0.4 is 0 Å². The highest BCUT2D eigenvalue weighted by Crippen LogP contribution is 2.42. The van der Waals surface area contributed by atoms with E-state index in [1.807, 2.05) is 24.3 Å². The second-order valence-electron chi connectivity index (χ2n) is 3.50. The fraction of sp³-hybridized carbons (Fsp3) is 0.364. The zero-order chi connectivity index (χ0) is 9.26. The third-order valence-corrected chi connectivity index (χ3v) is 2.68. The first-order chi connectivity index (χ1) is 6.31. The van der Waals surface area contributed by atoms with Crippen LogP contribution in [0, 0.1) is 17.2 Å². The molecule has 1 fully saturated rings. The van der Waals surface area contributed by atoms with Crippen LogP contribution in [-0.4, -0.2) is 0 Å². The van der Waals surface area contributed by atoms with E-state index in [4.69, 9.17) is 16.9 Å². The van der Waals surface area contributed by atoms with Gasteiger partial charge in [0, 0.05) is 5.02 Å². The molecule has 0 aliphatic heterocycles. The molecule has 1 aliphatic carbocycles. The molecule has 0 saturated heterocycles. The molecule has 2 rings (SSSR count). The van der Waals surface area contributed by atoms with Gasteiger partial charge in [0.15, 0.2) is 0 Å². The van der Waals surface area contributed by atoms with Crippen LogP contribution in [0.4, 0.5) is 0 Å². The molecule has 1 aromatic rings. The van der Waals surface area contributed by atoms with Crippen molar-refractivity contribution >= 4 is 11.6 Å². The first kappa shape index (κ1) is 8.59. The maximum absolute atomic E-state index is 8.99. The topological polar surface area (TPSA) is 23.8 Å². The molecule has 0 bridgehead atoms. The van der Waals surface area contributed by atoms with Crippen molar-refractivity contribution in [2.24, 2.45) is 5.92 Å². The number of rotatable bonds is 2. The molecule has 1 saturated carbocycles. The molecular formula is C11H10ClN. The van der Waals surface area contributed by atoms with Crippen molar-refractivity contribution in [3.05, 3.63) is 34.9 Å². The maximum atomic E-state index is 8.99. The van der Waals surface area contributed by atoms with Crippen LogP contribution in [0.2, 0.25) is 5.02 Å². The van der Waals surface area contributed by atoms with E-state index in [-0.39, 0.29) is 5.92 Å². The number of hydrogen-bond acceptors (Lipinski definition) is 1. The fourth-order valence-corrected chi connectivity index (χ4v) is 1.78. The molecule has 13 heavy (non-hydrogen) atoms. The van der Waals surface area contributed by atoms with Gasteiger partial charge in [-0.3, -0.25) is 0 Å². The van der Waals surface area contributed by atoms with Gasteiger partial charge in [-0.2, -0.15) is 5.26 Å². The summed E-state index contributed by atoms with van der Waals surface area (Å²) in [5.74, 6) is 0.627. The Balaban J connectivity index is 2.27. The molecular weight excluding hydrogens is 182 g/mol. The van der Waals surface area contributed by atoms with Gasteiger partial charge in [-0.05, 0) is 36.5 Å². The van der Waals surface area contributed by atoms with Crippen molar-refractivity contribution in [3.63, 3.8) is 0 Å². The standard InChI is InChI=1S/C11H10ClN/c12-10-3-1-2-9(6-10)11(7-13)8-4-5-8/h1-3,6,8,11H,4-5H2. The molecule has 0 N–H and O–H groups in total. The van der Waals surface area contributed by atoms with E-state index in [0.29, 0.717) is 5.92 Å². The molecule has 66 valence electrons. The van der Waals surface area contributed by atoms with Crippen LogP contribution in [0.3, 0.4) is 0 Å². The second-order valence-corrected chi connectivity index (χ2v) is 3.94. The monoisotopic (exact) mass is 191 g/mol. The number of benzene rings is 1. The average molecular weight is 192 g/mol. The van der Waals surface area contributed by atoms with E-state index in [0.717, 1.165) is 10.6 Å². The highest BCUT2D eigenvalue weighted by atomic mass is 35.5. The largest absolute Gasteiger partial charge is 0.198 e. The van der Waals surface area contributed by atoms with E-state index in [1.54, 1.807) is 0 Å². The van der Waals surface area contributed by atoms with Crippen molar-refractivity contribution in [1.29, 1.82) is 5.26 Å². The Labute approximate surface area is 82.9 Å². The van der Waals surface area contributed by atoms with E-state index < -0.39 is 0 Å². The summed E-state index contributed by atoms with van der Waals surface area (Å²) in [4.78, 5) is 0. The molecule has 0 aromatic heterocycles. The van der Waals surface area contributed by atoms with Gasteiger partial charge in [-0.15, -0.1) is 0 Å². The lowest BCUT2D eigenvalue weighted by Gasteiger charge is -2.07. The predicted octanol–water partition coefficient (Wildman–Crippen LogP) is 3.36. The van der Waals surface area contributed by atoms with E-state index in [9.17, 15) is 0 Å². The van der Waals surface area contributed by atoms with Crippen molar-refractivity contribution in [2.75, 3.05) is 0 Å². The van der Waals surface area contributed by atoms with Gasteiger partial charge in [0.1, 0.15) is 0 Å². The molecule has 1 nitrogen and oxygen atoms in total. The van der Waals surface area contributed by atoms with Crippen LogP contribution in [0.15, 0.2) is 24.3 Å². The molecule has 0 spiro atoms. The number of nitrogens with zero attached hydrogens (tertiary/aromatic N) is 1. The summed E-state index contributed by atoms with van der Waals surface area (Å²) in [6.07, 6.45) is 2.37.